The quantitative estimate of drug-likeness (QED) is 0.389. The molecule has 4 rings (SSSR count). The molecule has 0 atom stereocenters. The molecule has 3 aromatic rings. The average Bonchev–Trinajstić information content (AvgIpc) is 3.15. The maximum atomic E-state index is 13.8. The number of amides is 1. The standard InChI is InChI=1S/C28H35FN4O2/c1-28(2,3)27(34)32-24-16-23-22(5-4-12-30)26(18-10-13-35-14-11-18)33(25(23)15-19(24)17-31)21-8-6-20(29)7-9-21/h6-9,15-18,31H,4-5,10-14,30H2,1-3H3,(H,32,34). The van der Waals surface area contributed by atoms with E-state index in [-0.39, 0.29) is 17.6 Å². The van der Waals surface area contributed by atoms with Crippen molar-refractivity contribution in [3.8, 4) is 5.69 Å². The molecule has 0 spiro atoms. The highest BCUT2D eigenvalue weighted by Gasteiger charge is 2.28. The van der Waals surface area contributed by atoms with E-state index in [1.165, 1.54) is 29.6 Å². The summed E-state index contributed by atoms with van der Waals surface area (Å²) in [4.78, 5) is 12.8. The largest absolute Gasteiger partial charge is 0.381 e. The van der Waals surface area contributed by atoms with Crippen LogP contribution in [0.3, 0.4) is 0 Å². The third kappa shape index (κ3) is 5.16. The van der Waals surface area contributed by atoms with Crippen molar-refractivity contribution in [2.75, 3.05) is 25.1 Å². The van der Waals surface area contributed by atoms with Gasteiger partial charge in [0.25, 0.3) is 0 Å². The first kappa shape index (κ1) is 25.1. The molecule has 7 heteroatoms. The minimum absolute atomic E-state index is 0.105. The molecule has 35 heavy (non-hydrogen) atoms. The van der Waals surface area contributed by atoms with Crippen LogP contribution < -0.4 is 11.1 Å². The zero-order valence-electron chi connectivity index (χ0n) is 20.8. The van der Waals surface area contributed by atoms with Gasteiger partial charge in [-0.1, -0.05) is 20.8 Å². The monoisotopic (exact) mass is 478 g/mol. The Morgan fingerprint density at radius 3 is 2.51 bits per heavy atom. The van der Waals surface area contributed by atoms with Gasteiger partial charge in [-0.25, -0.2) is 4.39 Å². The Balaban J connectivity index is 2.00. The van der Waals surface area contributed by atoms with Gasteiger partial charge in [-0.05, 0) is 74.2 Å². The molecule has 186 valence electrons. The van der Waals surface area contributed by atoms with E-state index in [1.54, 1.807) is 12.1 Å². The highest BCUT2D eigenvalue weighted by molar-refractivity contribution is 6.04. The summed E-state index contributed by atoms with van der Waals surface area (Å²) < 4.78 is 21.7. The number of rotatable bonds is 7. The van der Waals surface area contributed by atoms with Gasteiger partial charge in [-0.2, -0.15) is 0 Å². The van der Waals surface area contributed by atoms with Gasteiger partial charge in [0, 0.05) is 53.1 Å². The van der Waals surface area contributed by atoms with Gasteiger partial charge in [-0.15, -0.1) is 0 Å². The predicted molar refractivity (Wildman–Crippen MR) is 139 cm³/mol. The highest BCUT2D eigenvalue weighted by Crippen LogP contribution is 2.40. The number of halogens is 1. The van der Waals surface area contributed by atoms with E-state index in [4.69, 9.17) is 15.9 Å². The van der Waals surface area contributed by atoms with Crippen LogP contribution in [0.5, 0.6) is 0 Å². The molecule has 4 N–H and O–H groups in total. The van der Waals surface area contributed by atoms with Crippen LogP contribution in [0.2, 0.25) is 0 Å². The lowest BCUT2D eigenvalue weighted by atomic mass is 9.91. The van der Waals surface area contributed by atoms with E-state index in [0.717, 1.165) is 42.3 Å². The lowest BCUT2D eigenvalue weighted by Gasteiger charge is -2.25. The number of carbonyl (C=O) groups excluding carboxylic acids is 1. The Kier molecular flexibility index (Phi) is 7.38. The number of anilines is 1. The van der Waals surface area contributed by atoms with Crippen LogP contribution in [0.4, 0.5) is 10.1 Å². The molecule has 2 heterocycles. The predicted octanol–water partition coefficient (Wildman–Crippen LogP) is 5.54. The Labute approximate surface area is 206 Å². The van der Waals surface area contributed by atoms with Gasteiger partial charge in [-0.3, -0.25) is 4.79 Å². The molecule has 0 unspecified atom stereocenters. The molecule has 1 aliphatic rings. The summed E-state index contributed by atoms with van der Waals surface area (Å²) in [6.07, 6.45) is 4.70. The van der Waals surface area contributed by atoms with Crippen molar-refractivity contribution in [3.05, 3.63) is 59.0 Å². The van der Waals surface area contributed by atoms with Crippen LogP contribution in [-0.4, -0.2) is 36.4 Å². The van der Waals surface area contributed by atoms with E-state index in [2.05, 4.69) is 9.88 Å². The van der Waals surface area contributed by atoms with Crippen molar-refractivity contribution in [2.24, 2.45) is 11.1 Å². The maximum absolute atomic E-state index is 13.8. The summed E-state index contributed by atoms with van der Waals surface area (Å²) >= 11 is 0. The molecular weight excluding hydrogens is 443 g/mol. The summed E-state index contributed by atoms with van der Waals surface area (Å²) in [5, 5.41) is 12.1. The second kappa shape index (κ2) is 10.3. The first-order valence-corrected chi connectivity index (χ1v) is 12.3. The van der Waals surface area contributed by atoms with Gasteiger partial charge < -0.3 is 25.8 Å². The summed E-state index contributed by atoms with van der Waals surface area (Å²) in [6.45, 7) is 7.57. The number of benzene rings is 2. The number of nitrogens with two attached hydrogens (primary N) is 1. The normalized spacial score (nSPS) is 14.9. The molecule has 1 amide bonds. The fraction of sp³-hybridized carbons (Fsp3) is 0.429. The third-order valence-electron chi connectivity index (χ3n) is 6.69. The molecule has 6 nitrogen and oxygen atoms in total. The number of ether oxygens (including phenoxy) is 1. The number of hydrogen-bond acceptors (Lipinski definition) is 4. The molecule has 1 aromatic heterocycles. The molecule has 1 saturated heterocycles. The molecular formula is C28H35FN4O2. The first-order chi connectivity index (χ1) is 16.7. The van der Waals surface area contributed by atoms with Crippen molar-refractivity contribution < 1.29 is 13.9 Å². The number of nitrogens with one attached hydrogen (secondary N) is 2. The summed E-state index contributed by atoms with van der Waals surface area (Å²) in [6, 6.07) is 10.5. The van der Waals surface area contributed by atoms with E-state index in [9.17, 15) is 9.18 Å². The lowest BCUT2D eigenvalue weighted by Crippen LogP contribution is -2.28. The molecule has 2 aromatic carbocycles. The molecule has 1 fully saturated rings. The fourth-order valence-electron chi connectivity index (χ4n) is 4.78. The van der Waals surface area contributed by atoms with E-state index >= 15 is 0 Å². The Morgan fingerprint density at radius 2 is 1.91 bits per heavy atom. The minimum atomic E-state index is -0.566. The number of fused-ring (bicyclic) bond motifs is 1. The number of aryl methyl sites for hydroxylation is 1. The number of aromatic nitrogens is 1. The first-order valence-electron chi connectivity index (χ1n) is 12.3. The Bertz CT molecular complexity index is 1220. The Hall–Kier alpha value is -3.03. The van der Waals surface area contributed by atoms with Crippen LogP contribution in [0.25, 0.3) is 16.6 Å². The van der Waals surface area contributed by atoms with Crippen LogP contribution in [-0.2, 0) is 16.0 Å². The number of carbonyl (C=O) groups is 1. The highest BCUT2D eigenvalue weighted by atomic mass is 19.1. The van der Waals surface area contributed by atoms with Gasteiger partial charge in [0.05, 0.1) is 11.2 Å². The Morgan fingerprint density at radius 1 is 1.23 bits per heavy atom. The molecule has 0 radical (unpaired) electrons. The summed E-state index contributed by atoms with van der Waals surface area (Å²) in [5.74, 6) is -0.107. The zero-order chi connectivity index (χ0) is 25.2. The lowest BCUT2D eigenvalue weighted by molar-refractivity contribution is -0.123. The van der Waals surface area contributed by atoms with Crippen LogP contribution in [0.1, 0.15) is 62.8 Å². The second-order valence-corrected chi connectivity index (χ2v) is 10.3. The van der Waals surface area contributed by atoms with E-state index in [1.807, 2.05) is 32.9 Å². The second-order valence-electron chi connectivity index (χ2n) is 10.3. The summed E-state index contributed by atoms with van der Waals surface area (Å²) in [7, 11) is 0. The van der Waals surface area contributed by atoms with Crippen LogP contribution in [0.15, 0.2) is 36.4 Å². The average molecular weight is 479 g/mol. The maximum Gasteiger partial charge on any atom is 0.229 e. The van der Waals surface area contributed by atoms with Crippen LogP contribution >= 0.6 is 0 Å². The van der Waals surface area contributed by atoms with E-state index in [0.29, 0.717) is 31.0 Å². The topological polar surface area (TPSA) is 93.1 Å². The SMILES string of the molecule is CC(C)(C)C(=O)Nc1cc2c(CCCN)c(C3CCOCC3)n(-c3ccc(F)cc3)c2cc1C=N. The minimum Gasteiger partial charge on any atom is -0.381 e. The smallest absolute Gasteiger partial charge is 0.229 e. The van der Waals surface area contributed by atoms with Crippen molar-refractivity contribution >= 4 is 28.7 Å². The van der Waals surface area contributed by atoms with Crippen molar-refractivity contribution in [1.82, 2.24) is 4.57 Å². The van der Waals surface area contributed by atoms with Gasteiger partial charge >= 0.3 is 0 Å². The molecule has 0 bridgehead atoms. The summed E-state index contributed by atoms with van der Waals surface area (Å²) in [5.41, 5.74) is 10.8. The van der Waals surface area contributed by atoms with Gasteiger partial charge in [0.1, 0.15) is 5.82 Å². The van der Waals surface area contributed by atoms with Crippen molar-refractivity contribution in [2.45, 2.75) is 52.4 Å². The molecule has 1 aliphatic heterocycles. The van der Waals surface area contributed by atoms with Crippen molar-refractivity contribution in [1.29, 1.82) is 5.41 Å². The van der Waals surface area contributed by atoms with Gasteiger partial charge in [0.2, 0.25) is 5.91 Å². The molecule has 0 aliphatic carbocycles. The number of hydrogen-bond donors (Lipinski definition) is 3. The van der Waals surface area contributed by atoms with Gasteiger partial charge in [0.15, 0.2) is 0 Å². The fourth-order valence-corrected chi connectivity index (χ4v) is 4.78. The molecule has 0 saturated carbocycles. The van der Waals surface area contributed by atoms with Crippen molar-refractivity contribution in [3.63, 3.8) is 0 Å². The van der Waals surface area contributed by atoms with E-state index < -0.39 is 5.41 Å². The third-order valence-corrected chi connectivity index (χ3v) is 6.69. The zero-order valence-corrected chi connectivity index (χ0v) is 20.8. The number of nitrogens with zero attached hydrogens (tertiary/aromatic N) is 1. The van der Waals surface area contributed by atoms with Crippen LogP contribution in [0, 0.1) is 16.6 Å².